The van der Waals surface area contributed by atoms with Crippen molar-refractivity contribution in [3.05, 3.63) is 75.7 Å². The number of rotatable bonds is 4. The van der Waals surface area contributed by atoms with Crippen LogP contribution < -0.4 is 0 Å². The van der Waals surface area contributed by atoms with Gasteiger partial charge in [-0.2, -0.15) is 13.2 Å². The second kappa shape index (κ2) is 7.20. The number of nitro groups is 1. The number of hydrogen-bond donors (Lipinski definition) is 0. The number of benzene rings is 2. The van der Waals surface area contributed by atoms with Crippen LogP contribution in [0.4, 0.5) is 18.9 Å². The molecular weight excluding hydrogens is 387 g/mol. The Morgan fingerprint density at radius 1 is 1.15 bits per heavy atom. The van der Waals surface area contributed by atoms with Crippen molar-refractivity contribution >= 4 is 28.4 Å². The van der Waals surface area contributed by atoms with Gasteiger partial charge in [0.1, 0.15) is 5.03 Å². The van der Waals surface area contributed by atoms with E-state index in [0.717, 1.165) is 12.1 Å². The molecular formula is C17H9ClF3N3O3. The summed E-state index contributed by atoms with van der Waals surface area (Å²) in [4.78, 5) is 10.3. The number of non-ortho nitro benzene ring substituents is 1. The molecule has 3 aromatic rings. The maximum Gasteiger partial charge on any atom is 0.416 e. The van der Waals surface area contributed by atoms with Crippen molar-refractivity contribution in [3.8, 4) is 11.5 Å². The lowest BCUT2D eigenvalue weighted by Crippen LogP contribution is -2.04. The lowest BCUT2D eigenvalue weighted by Gasteiger charge is -2.06. The summed E-state index contributed by atoms with van der Waals surface area (Å²) in [5, 5.41) is 18.2. The molecule has 0 radical (unpaired) electrons. The zero-order valence-corrected chi connectivity index (χ0v) is 14.0. The third-order valence-electron chi connectivity index (χ3n) is 3.44. The number of aromatic nitrogens is 2. The molecule has 10 heteroatoms. The fourth-order valence-corrected chi connectivity index (χ4v) is 2.40. The SMILES string of the molecule is O=[N+]([O-])c1cccc(-c2nnc(/C(Cl)=C/c3cccc(C(F)(F)F)c3)o2)c1. The van der Waals surface area contributed by atoms with Crippen molar-refractivity contribution in [3.63, 3.8) is 0 Å². The zero-order valence-electron chi connectivity index (χ0n) is 13.3. The van der Waals surface area contributed by atoms with E-state index in [1.807, 2.05) is 0 Å². The van der Waals surface area contributed by atoms with E-state index in [0.29, 0.717) is 5.56 Å². The van der Waals surface area contributed by atoms with Crippen molar-refractivity contribution < 1.29 is 22.5 Å². The van der Waals surface area contributed by atoms with E-state index in [-0.39, 0.29) is 28.1 Å². The lowest BCUT2D eigenvalue weighted by molar-refractivity contribution is -0.384. The lowest BCUT2D eigenvalue weighted by atomic mass is 10.1. The Balaban J connectivity index is 1.89. The first-order valence-corrected chi connectivity index (χ1v) is 7.75. The van der Waals surface area contributed by atoms with Gasteiger partial charge in [0.2, 0.25) is 5.89 Å². The first kappa shape index (κ1) is 18.6. The van der Waals surface area contributed by atoms with Gasteiger partial charge in [-0.3, -0.25) is 10.1 Å². The van der Waals surface area contributed by atoms with Crippen molar-refractivity contribution in [2.75, 3.05) is 0 Å². The highest BCUT2D eigenvalue weighted by atomic mass is 35.5. The smallest absolute Gasteiger partial charge is 0.415 e. The molecule has 0 atom stereocenters. The van der Waals surface area contributed by atoms with E-state index >= 15 is 0 Å². The minimum atomic E-state index is -4.48. The van der Waals surface area contributed by atoms with E-state index < -0.39 is 16.7 Å². The molecule has 138 valence electrons. The van der Waals surface area contributed by atoms with Gasteiger partial charge in [0.15, 0.2) is 0 Å². The molecule has 2 aromatic carbocycles. The number of halogens is 4. The van der Waals surface area contributed by atoms with E-state index in [1.165, 1.54) is 42.5 Å². The van der Waals surface area contributed by atoms with E-state index in [9.17, 15) is 23.3 Å². The molecule has 0 spiro atoms. The molecule has 0 aliphatic carbocycles. The highest BCUT2D eigenvalue weighted by Gasteiger charge is 2.30. The number of alkyl halides is 3. The molecule has 0 unspecified atom stereocenters. The van der Waals surface area contributed by atoms with Gasteiger partial charge in [-0.05, 0) is 29.8 Å². The molecule has 0 N–H and O–H groups in total. The van der Waals surface area contributed by atoms with E-state index in [2.05, 4.69) is 10.2 Å². The molecule has 0 fully saturated rings. The third-order valence-corrected chi connectivity index (χ3v) is 3.71. The van der Waals surface area contributed by atoms with Gasteiger partial charge < -0.3 is 4.42 Å². The van der Waals surface area contributed by atoms with Crippen LogP contribution in [0.15, 0.2) is 52.9 Å². The Kier molecular flexibility index (Phi) is 4.95. The predicted molar refractivity (Wildman–Crippen MR) is 91.6 cm³/mol. The van der Waals surface area contributed by atoms with Crippen molar-refractivity contribution in [2.24, 2.45) is 0 Å². The molecule has 0 saturated heterocycles. The monoisotopic (exact) mass is 395 g/mol. The largest absolute Gasteiger partial charge is 0.416 e. The summed E-state index contributed by atoms with van der Waals surface area (Å²) >= 11 is 6.07. The summed E-state index contributed by atoms with van der Waals surface area (Å²) in [5.74, 6) is -0.139. The average Bonchev–Trinajstić information content (AvgIpc) is 3.11. The summed E-state index contributed by atoms with van der Waals surface area (Å²) in [6.45, 7) is 0. The van der Waals surface area contributed by atoms with Crippen LogP contribution in [0.3, 0.4) is 0 Å². The first-order chi connectivity index (χ1) is 12.7. The van der Waals surface area contributed by atoms with Gasteiger partial charge >= 0.3 is 6.18 Å². The quantitative estimate of drug-likeness (QED) is 0.436. The second-order valence-corrected chi connectivity index (χ2v) is 5.74. The molecule has 0 aliphatic rings. The first-order valence-electron chi connectivity index (χ1n) is 7.37. The van der Waals surface area contributed by atoms with E-state index in [1.54, 1.807) is 0 Å². The Hall–Kier alpha value is -3.20. The zero-order chi connectivity index (χ0) is 19.6. The topological polar surface area (TPSA) is 82.1 Å². The molecule has 27 heavy (non-hydrogen) atoms. The van der Waals surface area contributed by atoms with Crippen LogP contribution in [0.5, 0.6) is 0 Å². The minimum absolute atomic E-state index is 0.00991. The van der Waals surface area contributed by atoms with Gasteiger partial charge in [-0.1, -0.05) is 29.8 Å². The predicted octanol–water partition coefficient (Wildman–Crippen LogP) is 5.40. The van der Waals surface area contributed by atoms with Crippen LogP contribution in [-0.2, 0) is 6.18 Å². The van der Waals surface area contributed by atoms with Crippen LogP contribution in [0, 0.1) is 10.1 Å². The average molecular weight is 396 g/mol. The molecule has 0 aliphatic heterocycles. The van der Waals surface area contributed by atoms with Crippen LogP contribution in [0.1, 0.15) is 17.0 Å². The molecule has 0 bridgehead atoms. The van der Waals surface area contributed by atoms with Crippen LogP contribution in [-0.4, -0.2) is 15.1 Å². The second-order valence-electron chi connectivity index (χ2n) is 5.34. The summed E-state index contributed by atoms with van der Waals surface area (Å²) in [5.41, 5.74) is -0.460. The molecule has 6 nitrogen and oxygen atoms in total. The van der Waals surface area contributed by atoms with Gasteiger partial charge in [-0.25, -0.2) is 0 Å². The number of nitrogens with zero attached hydrogens (tertiary/aromatic N) is 3. The van der Waals surface area contributed by atoms with Crippen molar-refractivity contribution in [1.82, 2.24) is 10.2 Å². The summed E-state index contributed by atoms with van der Waals surface area (Å²) in [7, 11) is 0. The summed E-state index contributed by atoms with van der Waals surface area (Å²) in [6.07, 6.45) is -3.22. The van der Waals surface area contributed by atoms with Crippen LogP contribution in [0.2, 0.25) is 0 Å². The highest BCUT2D eigenvalue weighted by Crippen LogP contribution is 2.31. The fourth-order valence-electron chi connectivity index (χ4n) is 2.20. The van der Waals surface area contributed by atoms with Crippen molar-refractivity contribution in [1.29, 1.82) is 0 Å². The Labute approximate surface area is 155 Å². The molecule has 3 rings (SSSR count). The van der Waals surface area contributed by atoms with Crippen LogP contribution >= 0.6 is 11.6 Å². The minimum Gasteiger partial charge on any atom is -0.415 e. The van der Waals surface area contributed by atoms with E-state index in [4.69, 9.17) is 16.0 Å². The third kappa shape index (κ3) is 4.32. The molecule has 1 aromatic heterocycles. The summed E-state index contributed by atoms with van der Waals surface area (Å²) < 4.78 is 43.7. The Bertz CT molecular complexity index is 1030. The Morgan fingerprint density at radius 2 is 1.89 bits per heavy atom. The van der Waals surface area contributed by atoms with Gasteiger partial charge in [0.05, 0.1) is 10.5 Å². The molecule has 0 saturated carbocycles. The standard InChI is InChI=1S/C17H9ClF3N3O3/c18-14(8-10-3-1-5-12(7-10)17(19,20)21)16-23-22-15(27-16)11-4-2-6-13(9-11)24(25)26/h1-9H/b14-8-. The summed E-state index contributed by atoms with van der Waals surface area (Å²) in [6, 6.07) is 10.1. The maximum atomic E-state index is 12.8. The molecule has 0 amide bonds. The normalized spacial score (nSPS) is 12.2. The van der Waals surface area contributed by atoms with Gasteiger partial charge in [-0.15, -0.1) is 10.2 Å². The number of nitro benzene ring substituents is 1. The van der Waals surface area contributed by atoms with Crippen molar-refractivity contribution in [2.45, 2.75) is 6.18 Å². The maximum absolute atomic E-state index is 12.8. The highest BCUT2D eigenvalue weighted by molar-refractivity contribution is 6.50. The van der Waals surface area contributed by atoms with Gasteiger partial charge in [0, 0.05) is 17.7 Å². The van der Waals surface area contributed by atoms with Gasteiger partial charge in [0.25, 0.3) is 11.6 Å². The number of hydrogen-bond acceptors (Lipinski definition) is 5. The Morgan fingerprint density at radius 3 is 2.59 bits per heavy atom. The van der Waals surface area contributed by atoms with Crippen LogP contribution in [0.25, 0.3) is 22.6 Å². The fraction of sp³-hybridized carbons (Fsp3) is 0.0588. The molecule has 1 heterocycles.